The molecule has 4 rings (SSSR count). The van der Waals surface area contributed by atoms with Gasteiger partial charge in [0.25, 0.3) is 11.6 Å². The number of hydrogen-bond donors (Lipinski definition) is 2. The van der Waals surface area contributed by atoms with Crippen molar-refractivity contribution in [3.05, 3.63) is 90.0 Å². The topological polar surface area (TPSA) is 110 Å². The maximum atomic E-state index is 14.3. The van der Waals surface area contributed by atoms with E-state index in [0.29, 0.717) is 23.2 Å². The Labute approximate surface area is 201 Å². The third-order valence-electron chi connectivity index (χ3n) is 5.06. The second-order valence-electron chi connectivity index (χ2n) is 7.64. The molecule has 3 heterocycles. The van der Waals surface area contributed by atoms with Gasteiger partial charge in [0, 0.05) is 29.9 Å². The van der Waals surface area contributed by atoms with Crippen molar-refractivity contribution in [2.45, 2.75) is 18.5 Å². The van der Waals surface area contributed by atoms with Gasteiger partial charge in [-0.25, -0.2) is 9.67 Å². The Balaban J connectivity index is 1.55. The third kappa shape index (κ3) is 5.91. The van der Waals surface area contributed by atoms with Crippen LogP contribution in [0.4, 0.5) is 14.6 Å². The number of carboxylic acids is 1. The van der Waals surface area contributed by atoms with E-state index in [-0.39, 0.29) is 23.6 Å². The van der Waals surface area contributed by atoms with Crippen molar-refractivity contribution in [2.24, 2.45) is 0 Å². The van der Waals surface area contributed by atoms with Crippen molar-refractivity contribution < 1.29 is 23.5 Å². The molecule has 178 valence electrons. The van der Waals surface area contributed by atoms with Gasteiger partial charge in [0.2, 0.25) is 0 Å². The summed E-state index contributed by atoms with van der Waals surface area (Å²) >= 11 is 0. The number of benzene rings is 1. The zero-order chi connectivity index (χ0) is 25.0. The highest BCUT2D eigenvalue weighted by Gasteiger charge is 2.31. The van der Waals surface area contributed by atoms with Crippen LogP contribution in [0.2, 0.25) is 0 Å². The number of aryl methyl sites for hydroxylation is 1. The van der Waals surface area contributed by atoms with Gasteiger partial charge in [0.05, 0.1) is 17.6 Å². The van der Waals surface area contributed by atoms with Crippen LogP contribution in [-0.2, 0) is 16.9 Å². The number of aromatic nitrogens is 4. The minimum atomic E-state index is -3.24. The number of nitrogens with one attached hydrogen (secondary N) is 1. The zero-order valence-electron chi connectivity index (χ0n) is 18.2. The Morgan fingerprint density at radius 3 is 2.57 bits per heavy atom. The van der Waals surface area contributed by atoms with E-state index in [9.17, 15) is 18.4 Å². The quantitative estimate of drug-likeness (QED) is 0.348. The van der Waals surface area contributed by atoms with E-state index in [4.69, 9.17) is 5.11 Å². The minimum Gasteiger partial charge on any atom is -0.481 e. The molecule has 1 unspecified atom stereocenters. The number of rotatable bonds is 8. The molecule has 0 bridgehead atoms. The number of nitrogens with zero attached hydrogens (tertiary/aromatic N) is 4. The molecule has 0 spiro atoms. The average molecular weight is 495 g/mol. The molecule has 1 atom stereocenters. The molecule has 3 aromatic heterocycles. The molecular weight excluding hydrogens is 475 g/mol. The minimum absolute atomic E-state index is 0.0404. The molecule has 8 nitrogen and oxygen atoms in total. The van der Waals surface area contributed by atoms with Crippen molar-refractivity contribution in [2.75, 3.05) is 5.32 Å². The fraction of sp³-hybridized carbons (Fsp3) is 0.125. The summed E-state index contributed by atoms with van der Waals surface area (Å²) in [6, 6.07) is 14.3. The highest BCUT2D eigenvalue weighted by molar-refractivity contribution is 7.17. The van der Waals surface area contributed by atoms with E-state index in [2.05, 4.69) is 20.4 Å². The third-order valence-corrected chi connectivity index (χ3v) is 5.35. The van der Waals surface area contributed by atoms with Gasteiger partial charge in [-0.2, -0.15) is 13.9 Å². The summed E-state index contributed by atoms with van der Waals surface area (Å²) < 4.78 is 29.7. The molecule has 11 heteroatoms. The highest BCUT2D eigenvalue weighted by Crippen LogP contribution is 2.38. The fourth-order valence-corrected chi connectivity index (χ4v) is 3.57. The number of carbonyl (C=O) groups is 2. The highest BCUT2D eigenvalue weighted by atomic mass is 31.0. The number of carboxylic acid groups (broad SMARTS) is 1. The van der Waals surface area contributed by atoms with Crippen LogP contribution in [-0.4, -0.2) is 36.7 Å². The van der Waals surface area contributed by atoms with Crippen LogP contribution < -0.4 is 5.32 Å². The first-order valence-electron chi connectivity index (χ1n) is 10.5. The number of carbonyl (C=O) groups excluding carboxylic acids is 1. The standard InChI is InChI=1S/C24H20F2N5O3P/c25-24(26,35)20-12-19(17-5-2-10-27-13-17)30-31(20)18-7-8-21(28-14-18)29-23(34)16-4-1-3-15(11-16)6-9-22(32)33/h1-5,7-8,10-14H,6,9,35H2,(H,32,33)(H,28,29,34). The van der Waals surface area contributed by atoms with Gasteiger partial charge in [0.15, 0.2) is 0 Å². The summed E-state index contributed by atoms with van der Waals surface area (Å²) in [4.78, 5) is 31.6. The molecule has 0 aliphatic heterocycles. The van der Waals surface area contributed by atoms with Crippen LogP contribution in [0.25, 0.3) is 16.9 Å². The van der Waals surface area contributed by atoms with Gasteiger partial charge in [-0.1, -0.05) is 21.4 Å². The van der Waals surface area contributed by atoms with Gasteiger partial charge in [-0.15, -0.1) is 0 Å². The second kappa shape index (κ2) is 10.1. The summed E-state index contributed by atoms with van der Waals surface area (Å²) in [5.74, 6) is -1.14. The molecule has 2 N–H and O–H groups in total. The molecule has 0 fully saturated rings. The Hall–Kier alpha value is -4.04. The largest absolute Gasteiger partial charge is 0.481 e. The first-order valence-corrected chi connectivity index (χ1v) is 11.0. The van der Waals surface area contributed by atoms with Crippen molar-refractivity contribution in [1.82, 2.24) is 19.7 Å². The maximum absolute atomic E-state index is 14.3. The van der Waals surface area contributed by atoms with E-state index in [1.807, 2.05) is 0 Å². The number of halogens is 2. The molecule has 1 amide bonds. The average Bonchev–Trinajstić information content (AvgIpc) is 3.30. The molecule has 1 aromatic carbocycles. The summed E-state index contributed by atoms with van der Waals surface area (Å²) in [5, 5.41) is 15.8. The van der Waals surface area contributed by atoms with Crippen molar-refractivity contribution >= 4 is 26.9 Å². The fourth-order valence-electron chi connectivity index (χ4n) is 3.36. The monoisotopic (exact) mass is 495 g/mol. The number of amides is 1. The molecule has 35 heavy (non-hydrogen) atoms. The maximum Gasteiger partial charge on any atom is 0.303 e. The molecule has 0 aliphatic rings. The van der Waals surface area contributed by atoms with E-state index in [0.717, 1.165) is 10.2 Å². The first kappa shape index (κ1) is 24.1. The van der Waals surface area contributed by atoms with Crippen LogP contribution in [0, 0.1) is 0 Å². The number of anilines is 1. The number of aliphatic carboxylic acids is 1. The lowest BCUT2D eigenvalue weighted by molar-refractivity contribution is -0.136. The van der Waals surface area contributed by atoms with E-state index in [1.54, 1.807) is 42.6 Å². The Morgan fingerprint density at radius 2 is 1.91 bits per heavy atom. The van der Waals surface area contributed by atoms with Gasteiger partial charge >= 0.3 is 5.97 Å². The predicted octanol–water partition coefficient (Wildman–Crippen LogP) is 4.52. The van der Waals surface area contributed by atoms with Crippen LogP contribution in [0.3, 0.4) is 0 Å². The van der Waals surface area contributed by atoms with Crippen molar-refractivity contribution in [1.29, 1.82) is 0 Å². The van der Waals surface area contributed by atoms with Gasteiger partial charge in [0.1, 0.15) is 11.5 Å². The van der Waals surface area contributed by atoms with Crippen molar-refractivity contribution in [3.8, 4) is 16.9 Å². The lowest BCUT2D eigenvalue weighted by Gasteiger charge is -2.13. The summed E-state index contributed by atoms with van der Waals surface area (Å²) in [5.41, 5.74) is -1.33. The van der Waals surface area contributed by atoms with Crippen LogP contribution in [0.1, 0.15) is 28.0 Å². The van der Waals surface area contributed by atoms with Crippen LogP contribution >= 0.6 is 9.24 Å². The lowest BCUT2D eigenvalue weighted by Crippen LogP contribution is -2.14. The molecule has 0 aliphatic carbocycles. The van der Waals surface area contributed by atoms with Gasteiger partial charge < -0.3 is 10.4 Å². The summed E-state index contributed by atoms with van der Waals surface area (Å²) in [6.45, 7) is 0. The van der Waals surface area contributed by atoms with E-state index < -0.39 is 17.5 Å². The Bertz CT molecular complexity index is 1360. The summed E-state index contributed by atoms with van der Waals surface area (Å²) in [7, 11) is 1.51. The first-order chi connectivity index (χ1) is 16.7. The number of alkyl halides is 2. The van der Waals surface area contributed by atoms with Gasteiger partial charge in [-0.3, -0.25) is 14.6 Å². The predicted molar refractivity (Wildman–Crippen MR) is 129 cm³/mol. The van der Waals surface area contributed by atoms with Gasteiger partial charge in [-0.05, 0) is 54.4 Å². The number of pyridine rings is 2. The molecule has 0 saturated carbocycles. The lowest BCUT2D eigenvalue weighted by atomic mass is 10.1. The Morgan fingerprint density at radius 1 is 1.09 bits per heavy atom. The Kier molecular flexibility index (Phi) is 6.93. The second-order valence-corrected chi connectivity index (χ2v) is 8.37. The zero-order valence-corrected chi connectivity index (χ0v) is 19.4. The molecule has 0 radical (unpaired) electrons. The summed E-state index contributed by atoms with van der Waals surface area (Å²) in [6.07, 6.45) is 4.71. The normalized spacial score (nSPS) is 11.3. The molecule has 0 saturated heterocycles. The van der Waals surface area contributed by atoms with Crippen molar-refractivity contribution in [3.63, 3.8) is 0 Å². The SMILES string of the molecule is O=C(O)CCc1cccc(C(=O)Nc2ccc(-n3nc(-c4cccnc4)cc3C(F)(F)P)cn2)c1. The van der Waals surface area contributed by atoms with Crippen LogP contribution in [0.15, 0.2) is 73.2 Å². The van der Waals surface area contributed by atoms with Crippen LogP contribution in [0.5, 0.6) is 0 Å². The van der Waals surface area contributed by atoms with E-state index >= 15 is 0 Å². The molecule has 4 aromatic rings. The van der Waals surface area contributed by atoms with E-state index in [1.165, 1.54) is 39.8 Å². The molecular formula is C24H20F2N5O3P. The number of hydrogen-bond acceptors (Lipinski definition) is 5. The smallest absolute Gasteiger partial charge is 0.303 e.